The molecular formula is C11H17N3O2. The normalized spacial score (nSPS) is 19.7. The Morgan fingerprint density at radius 1 is 1.69 bits per heavy atom. The maximum absolute atomic E-state index is 11.4. The van der Waals surface area contributed by atoms with Crippen LogP contribution in [0.3, 0.4) is 0 Å². The number of amides is 1. The zero-order chi connectivity index (χ0) is 11.7. The van der Waals surface area contributed by atoms with Gasteiger partial charge in [0.1, 0.15) is 0 Å². The molecule has 88 valence electrons. The fourth-order valence-electron chi connectivity index (χ4n) is 2.22. The number of hydrogen-bond acceptors (Lipinski definition) is 3. The lowest BCUT2D eigenvalue weighted by Gasteiger charge is -2.30. The van der Waals surface area contributed by atoms with E-state index in [1.807, 2.05) is 18.1 Å². The highest BCUT2D eigenvalue weighted by Crippen LogP contribution is 2.27. The fourth-order valence-corrected chi connectivity index (χ4v) is 2.22. The van der Waals surface area contributed by atoms with Crippen LogP contribution in [0.4, 0.5) is 0 Å². The molecule has 2 rings (SSSR count). The minimum Gasteiger partial charge on any atom is -0.384 e. The Bertz CT molecular complexity index is 400. The second-order valence-corrected chi connectivity index (χ2v) is 4.27. The van der Waals surface area contributed by atoms with Gasteiger partial charge in [-0.1, -0.05) is 0 Å². The van der Waals surface area contributed by atoms with E-state index in [4.69, 9.17) is 4.74 Å². The first-order valence-corrected chi connectivity index (χ1v) is 5.38. The summed E-state index contributed by atoms with van der Waals surface area (Å²) in [7, 11) is 3.58. The van der Waals surface area contributed by atoms with E-state index in [2.05, 4.69) is 5.10 Å². The zero-order valence-electron chi connectivity index (χ0n) is 9.93. The Balaban J connectivity index is 2.29. The molecule has 5 heteroatoms. The van der Waals surface area contributed by atoms with Crippen LogP contribution >= 0.6 is 0 Å². The molecule has 5 nitrogen and oxygen atoms in total. The van der Waals surface area contributed by atoms with E-state index >= 15 is 0 Å². The highest BCUT2D eigenvalue weighted by molar-refractivity contribution is 5.73. The van der Waals surface area contributed by atoms with Crippen molar-refractivity contribution in [2.24, 2.45) is 7.05 Å². The molecule has 0 aromatic carbocycles. The van der Waals surface area contributed by atoms with E-state index in [-0.39, 0.29) is 11.8 Å². The molecule has 1 amide bonds. The lowest BCUT2D eigenvalue weighted by Crippen LogP contribution is -2.38. The summed E-state index contributed by atoms with van der Waals surface area (Å²) in [5.41, 5.74) is 2.20. The minimum absolute atomic E-state index is 0.107. The van der Waals surface area contributed by atoms with Crippen molar-refractivity contribution < 1.29 is 9.53 Å². The Kier molecular flexibility index (Phi) is 2.96. The topological polar surface area (TPSA) is 47.4 Å². The van der Waals surface area contributed by atoms with Crippen LogP contribution in [-0.4, -0.2) is 40.8 Å². The summed E-state index contributed by atoms with van der Waals surface area (Å²) in [6.07, 6.45) is 1.98. The molecule has 16 heavy (non-hydrogen) atoms. The predicted molar refractivity (Wildman–Crippen MR) is 58.9 cm³/mol. The van der Waals surface area contributed by atoms with Gasteiger partial charge in [-0.2, -0.15) is 5.10 Å². The summed E-state index contributed by atoms with van der Waals surface area (Å²) in [6.45, 7) is 3.57. The van der Waals surface area contributed by atoms with Crippen LogP contribution in [-0.2, 0) is 23.1 Å². The molecule has 1 aromatic heterocycles. The summed E-state index contributed by atoms with van der Waals surface area (Å²) in [4.78, 5) is 13.3. The van der Waals surface area contributed by atoms with Crippen molar-refractivity contribution in [3.8, 4) is 0 Å². The van der Waals surface area contributed by atoms with E-state index < -0.39 is 0 Å². The van der Waals surface area contributed by atoms with Crippen molar-refractivity contribution >= 4 is 5.91 Å². The monoisotopic (exact) mass is 223 g/mol. The fraction of sp³-hybridized carbons (Fsp3) is 0.636. The molecule has 1 unspecified atom stereocenters. The second kappa shape index (κ2) is 4.25. The van der Waals surface area contributed by atoms with Crippen LogP contribution in [0.1, 0.15) is 24.1 Å². The van der Waals surface area contributed by atoms with Gasteiger partial charge in [0.15, 0.2) is 0 Å². The number of aryl methyl sites for hydroxylation is 1. The average Bonchev–Trinajstić information content (AvgIpc) is 2.58. The first-order valence-electron chi connectivity index (χ1n) is 5.38. The lowest BCUT2D eigenvalue weighted by molar-refractivity contribution is -0.130. The third-order valence-corrected chi connectivity index (χ3v) is 2.94. The van der Waals surface area contributed by atoms with E-state index in [9.17, 15) is 4.79 Å². The summed E-state index contributed by atoms with van der Waals surface area (Å²) in [5, 5.41) is 4.44. The number of carbonyl (C=O) groups excluding carboxylic acids is 1. The molecule has 0 N–H and O–H groups in total. The first-order chi connectivity index (χ1) is 7.61. The number of ether oxygens (including phenoxy) is 1. The van der Waals surface area contributed by atoms with Crippen LogP contribution in [0.25, 0.3) is 0 Å². The Morgan fingerprint density at radius 2 is 2.44 bits per heavy atom. The highest BCUT2D eigenvalue weighted by atomic mass is 16.5. The molecule has 1 aliphatic heterocycles. The number of rotatable bonds is 2. The molecule has 0 saturated heterocycles. The smallest absolute Gasteiger partial charge is 0.219 e. The highest BCUT2D eigenvalue weighted by Gasteiger charge is 2.29. The van der Waals surface area contributed by atoms with Crippen molar-refractivity contribution in [2.75, 3.05) is 20.3 Å². The number of methoxy groups -OCH3 is 1. The molecule has 1 aliphatic rings. The third-order valence-electron chi connectivity index (χ3n) is 2.94. The molecule has 0 fully saturated rings. The minimum atomic E-state index is 0.107. The molecule has 0 saturated carbocycles. The molecule has 1 aromatic rings. The molecule has 1 atom stereocenters. The van der Waals surface area contributed by atoms with Gasteiger partial charge in [-0.05, 0) is 0 Å². The van der Waals surface area contributed by atoms with Crippen molar-refractivity contribution in [1.82, 2.24) is 14.7 Å². The Labute approximate surface area is 95.0 Å². The van der Waals surface area contributed by atoms with Crippen LogP contribution in [0.15, 0.2) is 6.20 Å². The van der Waals surface area contributed by atoms with Gasteiger partial charge in [0.2, 0.25) is 5.91 Å². The van der Waals surface area contributed by atoms with Gasteiger partial charge in [0.05, 0.1) is 12.3 Å². The van der Waals surface area contributed by atoms with Crippen LogP contribution in [0.5, 0.6) is 0 Å². The molecule has 2 heterocycles. The standard InChI is InChI=1S/C11H17N3O2/c1-8(15)14-5-9-4-13(2)12-11(9)10(6-14)7-16-3/h4,10H,5-7H2,1-3H3. The Morgan fingerprint density at radius 3 is 3.06 bits per heavy atom. The SMILES string of the molecule is COCC1CN(C(C)=O)Cc2cn(C)nc21. The van der Waals surface area contributed by atoms with Gasteiger partial charge >= 0.3 is 0 Å². The quantitative estimate of drug-likeness (QED) is 0.734. The number of carbonyl (C=O) groups is 1. The Hall–Kier alpha value is -1.36. The number of nitrogens with zero attached hydrogens (tertiary/aromatic N) is 3. The van der Waals surface area contributed by atoms with Crippen LogP contribution in [0.2, 0.25) is 0 Å². The van der Waals surface area contributed by atoms with Gasteiger partial charge in [-0.15, -0.1) is 0 Å². The van der Waals surface area contributed by atoms with Gasteiger partial charge in [-0.25, -0.2) is 0 Å². The van der Waals surface area contributed by atoms with Gasteiger partial charge in [0, 0.05) is 51.8 Å². The van der Waals surface area contributed by atoms with Crippen molar-refractivity contribution in [3.63, 3.8) is 0 Å². The second-order valence-electron chi connectivity index (χ2n) is 4.27. The summed E-state index contributed by atoms with van der Waals surface area (Å²) in [5.74, 6) is 0.300. The zero-order valence-corrected chi connectivity index (χ0v) is 9.93. The van der Waals surface area contributed by atoms with Gasteiger partial charge in [-0.3, -0.25) is 9.48 Å². The maximum atomic E-state index is 11.4. The van der Waals surface area contributed by atoms with Crippen LogP contribution in [0, 0.1) is 0 Å². The van der Waals surface area contributed by atoms with E-state index in [0.29, 0.717) is 19.7 Å². The lowest BCUT2D eigenvalue weighted by atomic mass is 9.97. The van der Waals surface area contributed by atoms with E-state index in [1.165, 1.54) is 0 Å². The molecule has 0 spiro atoms. The largest absolute Gasteiger partial charge is 0.384 e. The van der Waals surface area contributed by atoms with Crippen molar-refractivity contribution in [2.45, 2.75) is 19.4 Å². The first kappa shape index (κ1) is 11.1. The molecule has 0 bridgehead atoms. The van der Waals surface area contributed by atoms with Crippen LogP contribution < -0.4 is 0 Å². The van der Waals surface area contributed by atoms with Gasteiger partial charge < -0.3 is 9.64 Å². The number of fused-ring (bicyclic) bond motifs is 1. The van der Waals surface area contributed by atoms with E-state index in [1.54, 1.807) is 18.7 Å². The third kappa shape index (κ3) is 1.95. The van der Waals surface area contributed by atoms with Gasteiger partial charge in [0.25, 0.3) is 0 Å². The number of hydrogen-bond donors (Lipinski definition) is 0. The maximum Gasteiger partial charge on any atom is 0.219 e. The average molecular weight is 223 g/mol. The predicted octanol–water partition coefficient (Wildman–Crippen LogP) is 0.512. The summed E-state index contributed by atoms with van der Waals surface area (Å²) < 4.78 is 6.99. The molecule has 0 radical (unpaired) electrons. The van der Waals surface area contributed by atoms with E-state index in [0.717, 1.165) is 11.3 Å². The molecular weight excluding hydrogens is 206 g/mol. The molecule has 0 aliphatic carbocycles. The summed E-state index contributed by atoms with van der Waals surface area (Å²) >= 11 is 0. The van der Waals surface area contributed by atoms with Crippen molar-refractivity contribution in [1.29, 1.82) is 0 Å². The summed E-state index contributed by atoms with van der Waals surface area (Å²) in [6, 6.07) is 0. The van der Waals surface area contributed by atoms with Crippen molar-refractivity contribution in [3.05, 3.63) is 17.5 Å². The number of aromatic nitrogens is 2.